The normalized spacial score (nSPS) is 23.4. The molecule has 1 N–H and O–H groups in total. The number of aliphatic hydroxyl groups excluding tert-OH is 1. The van der Waals surface area contributed by atoms with Crippen molar-refractivity contribution in [2.24, 2.45) is 0 Å². The molecule has 1 aliphatic heterocycles. The van der Waals surface area contributed by atoms with Crippen LogP contribution in [0, 0.1) is 0 Å². The van der Waals surface area contributed by atoms with Gasteiger partial charge >= 0.3 is 0 Å². The Morgan fingerprint density at radius 1 is 1.41 bits per heavy atom. The zero-order valence-corrected chi connectivity index (χ0v) is 11.4. The average Bonchev–Trinajstić information content (AvgIpc) is 2.39. The third-order valence-electron chi connectivity index (χ3n) is 3.81. The number of carbonyl (C=O) groups excluding carboxylic acids is 1. The lowest BCUT2D eigenvalue weighted by Gasteiger charge is -2.39. The summed E-state index contributed by atoms with van der Waals surface area (Å²) in [5.74, 6) is 0.190. The molecule has 0 aliphatic carbocycles. The molecule has 100 valence electrons. The Morgan fingerprint density at radius 3 is 2.59 bits per heavy atom. The molecule has 2 unspecified atom stereocenters. The minimum atomic E-state index is -0.104. The van der Waals surface area contributed by atoms with Crippen molar-refractivity contribution in [3.8, 4) is 0 Å². The fourth-order valence-corrected chi connectivity index (χ4v) is 2.67. The first-order valence-electron chi connectivity index (χ1n) is 6.81. The Balaban J connectivity index is 2.66. The molecule has 2 atom stereocenters. The fraction of sp³-hybridized carbons (Fsp3) is 0.923. The number of hydrogen-bond donors (Lipinski definition) is 1. The molecule has 4 nitrogen and oxygen atoms in total. The lowest BCUT2D eigenvalue weighted by molar-refractivity contribution is -0.138. The van der Waals surface area contributed by atoms with Gasteiger partial charge in [0.1, 0.15) is 0 Å². The second-order valence-electron chi connectivity index (χ2n) is 4.76. The molecule has 0 bridgehead atoms. The van der Waals surface area contributed by atoms with Crippen molar-refractivity contribution in [1.82, 2.24) is 9.80 Å². The highest BCUT2D eigenvalue weighted by Gasteiger charge is 2.31. The summed E-state index contributed by atoms with van der Waals surface area (Å²) >= 11 is 0. The predicted molar refractivity (Wildman–Crippen MR) is 68.8 cm³/mol. The number of aliphatic hydroxyl groups is 1. The van der Waals surface area contributed by atoms with Crippen LogP contribution in [0.5, 0.6) is 0 Å². The maximum atomic E-state index is 12.3. The quantitative estimate of drug-likeness (QED) is 0.785. The topological polar surface area (TPSA) is 43.8 Å². The van der Waals surface area contributed by atoms with Crippen LogP contribution in [-0.2, 0) is 4.79 Å². The van der Waals surface area contributed by atoms with E-state index in [-0.39, 0.29) is 24.6 Å². The minimum Gasteiger partial charge on any atom is -0.395 e. The van der Waals surface area contributed by atoms with Crippen LogP contribution in [0.25, 0.3) is 0 Å². The Kier molecular flexibility index (Phi) is 5.92. The van der Waals surface area contributed by atoms with E-state index < -0.39 is 0 Å². The van der Waals surface area contributed by atoms with E-state index in [4.69, 9.17) is 0 Å². The molecular formula is C13H26N2O2. The molecule has 17 heavy (non-hydrogen) atoms. The standard InChI is InChI=1S/C13H26N2O2/c1-4-14(5-2)13(17)11(3)15-9-7-6-8-12(15)10-16/h11-12,16H,4-10H2,1-3H3. The van der Waals surface area contributed by atoms with Gasteiger partial charge in [0.2, 0.25) is 5.91 Å². The second-order valence-corrected chi connectivity index (χ2v) is 4.76. The van der Waals surface area contributed by atoms with E-state index in [0.29, 0.717) is 0 Å². The van der Waals surface area contributed by atoms with Crippen LogP contribution in [0.2, 0.25) is 0 Å². The second kappa shape index (κ2) is 6.97. The highest BCUT2D eigenvalue weighted by Crippen LogP contribution is 2.20. The van der Waals surface area contributed by atoms with E-state index in [0.717, 1.165) is 38.9 Å². The number of likely N-dealkylation sites (N-methyl/N-ethyl adjacent to an activating group) is 1. The maximum Gasteiger partial charge on any atom is 0.239 e. The fourth-order valence-electron chi connectivity index (χ4n) is 2.67. The van der Waals surface area contributed by atoms with E-state index >= 15 is 0 Å². The third-order valence-corrected chi connectivity index (χ3v) is 3.81. The van der Waals surface area contributed by atoms with Crippen LogP contribution < -0.4 is 0 Å². The van der Waals surface area contributed by atoms with Crippen LogP contribution in [-0.4, -0.2) is 59.1 Å². The van der Waals surface area contributed by atoms with E-state index in [1.807, 2.05) is 25.7 Å². The molecule has 1 amide bonds. The summed E-state index contributed by atoms with van der Waals surface area (Å²) in [5.41, 5.74) is 0. The van der Waals surface area contributed by atoms with E-state index in [1.54, 1.807) is 0 Å². The summed E-state index contributed by atoms with van der Waals surface area (Å²) in [6.45, 7) is 8.60. The average molecular weight is 242 g/mol. The molecule has 1 fully saturated rings. The number of hydrogen-bond acceptors (Lipinski definition) is 3. The number of likely N-dealkylation sites (tertiary alicyclic amines) is 1. The molecule has 1 aliphatic rings. The first-order chi connectivity index (χ1) is 8.15. The van der Waals surface area contributed by atoms with Crippen molar-refractivity contribution in [2.75, 3.05) is 26.2 Å². The lowest BCUT2D eigenvalue weighted by atomic mass is 10.0. The lowest BCUT2D eigenvalue weighted by Crippen LogP contribution is -2.53. The summed E-state index contributed by atoms with van der Waals surface area (Å²) in [4.78, 5) is 16.3. The number of piperidine rings is 1. The number of nitrogens with zero attached hydrogens (tertiary/aromatic N) is 2. The van der Waals surface area contributed by atoms with Crippen molar-refractivity contribution in [1.29, 1.82) is 0 Å². The molecular weight excluding hydrogens is 216 g/mol. The highest BCUT2D eigenvalue weighted by atomic mass is 16.3. The summed E-state index contributed by atoms with van der Waals surface area (Å²) in [5, 5.41) is 9.38. The maximum absolute atomic E-state index is 12.3. The zero-order chi connectivity index (χ0) is 12.8. The molecule has 0 aromatic rings. The SMILES string of the molecule is CCN(CC)C(=O)C(C)N1CCCCC1CO. The van der Waals surface area contributed by atoms with Gasteiger partial charge in [0.25, 0.3) is 0 Å². The van der Waals surface area contributed by atoms with Gasteiger partial charge in [-0.3, -0.25) is 9.69 Å². The molecule has 4 heteroatoms. The Morgan fingerprint density at radius 2 is 2.06 bits per heavy atom. The summed E-state index contributed by atoms with van der Waals surface area (Å²) in [6, 6.07) is 0.0608. The Labute approximate surface area is 105 Å². The molecule has 0 aromatic heterocycles. The third kappa shape index (κ3) is 3.42. The predicted octanol–water partition coefficient (Wildman–Crippen LogP) is 1.09. The van der Waals surface area contributed by atoms with Gasteiger partial charge in [-0.1, -0.05) is 6.42 Å². The van der Waals surface area contributed by atoms with E-state index in [9.17, 15) is 9.90 Å². The largest absolute Gasteiger partial charge is 0.395 e. The Bertz CT molecular complexity index is 242. The first kappa shape index (κ1) is 14.5. The van der Waals surface area contributed by atoms with Crippen molar-refractivity contribution < 1.29 is 9.90 Å². The molecule has 0 aromatic carbocycles. The van der Waals surface area contributed by atoms with Crippen molar-refractivity contribution >= 4 is 5.91 Å². The van der Waals surface area contributed by atoms with Gasteiger partial charge in [-0.05, 0) is 40.2 Å². The monoisotopic (exact) mass is 242 g/mol. The van der Waals surface area contributed by atoms with Crippen LogP contribution in [0.15, 0.2) is 0 Å². The summed E-state index contributed by atoms with van der Waals surface area (Å²) < 4.78 is 0. The molecule has 1 rings (SSSR count). The van der Waals surface area contributed by atoms with E-state index in [1.165, 1.54) is 0 Å². The first-order valence-corrected chi connectivity index (χ1v) is 6.81. The van der Waals surface area contributed by atoms with Gasteiger partial charge < -0.3 is 10.0 Å². The molecule has 1 heterocycles. The molecule has 0 spiro atoms. The van der Waals surface area contributed by atoms with Crippen LogP contribution in [0.4, 0.5) is 0 Å². The number of carbonyl (C=O) groups is 1. The molecule has 0 saturated carbocycles. The summed E-state index contributed by atoms with van der Waals surface area (Å²) in [7, 11) is 0. The van der Waals surface area contributed by atoms with Gasteiger partial charge in [0.15, 0.2) is 0 Å². The highest BCUT2D eigenvalue weighted by molar-refractivity contribution is 5.81. The van der Waals surface area contributed by atoms with Gasteiger partial charge in [-0.15, -0.1) is 0 Å². The molecule has 1 saturated heterocycles. The minimum absolute atomic E-state index is 0.104. The summed E-state index contributed by atoms with van der Waals surface area (Å²) in [6.07, 6.45) is 3.30. The van der Waals surface area contributed by atoms with Crippen LogP contribution in [0.3, 0.4) is 0 Å². The van der Waals surface area contributed by atoms with Crippen molar-refractivity contribution in [3.63, 3.8) is 0 Å². The van der Waals surface area contributed by atoms with Gasteiger partial charge in [0, 0.05) is 19.1 Å². The van der Waals surface area contributed by atoms with Gasteiger partial charge in [-0.25, -0.2) is 0 Å². The number of amides is 1. The number of rotatable bonds is 5. The zero-order valence-electron chi connectivity index (χ0n) is 11.4. The van der Waals surface area contributed by atoms with Gasteiger partial charge in [0.05, 0.1) is 12.6 Å². The molecule has 0 radical (unpaired) electrons. The van der Waals surface area contributed by atoms with Crippen molar-refractivity contribution in [3.05, 3.63) is 0 Å². The van der Waals surface area contributed by atoms with Crippen LogP contribution >= 0.6 is 0 Å². The van der Waals surface area contributed by atoms with Crippen LogP contribution in [0.1, 0.15) is 40.0 Å². The smallest absolute Gasteiger partial charge is 0.239 e. The van der Waals surface area contributed by atoms with Gasteiger partial charge in [-0.2, -0.15) is 0 Å². The Hall–Kier alpha value is -0.610. The van der Waals surface area contributed by atoms with Crippen molar-refractivity contribution in [2.45, 2.75) is 52.1 Å². The van der Waals surface area contributed by atoms with E-state index in [2.05, 4.69) is 4.90 Å².